The van der Waals surface area contributed by atoms with Gasteiger partial charge in [-0.15, -0.1) is 0 Å². The Morgan fingerprint density at radius 1 is 1.07 bits per heavy atom. The summed E-state index contributed by atoms with van der Waals surface area (Å²) in [7, 11) is 0. The van der Waals surface area contributed by atoms with Crippen molar-refractivity contribution in [1.29, 1.82) is 0 Å². The van der Waals surface area contributed by atoms with Gasteiger partial charge in [-0.05, 0) is 47.2 Å². The van der Waals surface area contributed by atoms with E-state index < -0.39 is 12.0 Å². The summed E-state index contributed by atoms with van der Waals surface area (Å²) in [4.78, 5) is 38.6. The van der Waals surface area contributed by atoms with Crippen LogP contribution in [0.3, 0.4) is 0 Å². The third-order valence-electron chi connectivity index (χ3n) is 4.46. The van der Waals surface area contributed by atoms with Crippen LogP contribution in [0.5, 0.6) is 0 Å². The van der Waals surface area contributed by atoms with Crippen molar-refractivity contribution in [1.82, 2.24) is 15.6 Å². The smallest absolute Gasteiger partial charge is 0.404 e. The lowest BCUT2D eigenvalue weighted by Gasteiger charge is -2.14. The van der Waals surface area contributed by atoms with Crippen LogP contribution in [0.15, 0.2) is 48.7 Å². The van der Waals surface area contributed by atoms with Crippen LogP contribution >= 0.6 is 0 Å². The molecule has 154 valence electrons. The average molecular weight is 407 g/mol. The molecular formula is C21H21N5O4. The van der Waals surface area contributed by atoms with Crippen molar-refractivity contribution >= 4 is 34.6 Å². The van der Waals surface area contributed by atoms with Gasteiger partial charge in [0.2, 0.25) is 5.91 Å². The van der Waals surface area contributed by atoms with Gasteiger partial charge in [-0.25, -0.2) is 14.6 Å². The van der Waals surface area contributed by atoms with E-state index in [1.807, 2.05) is 12.1 Å². The number of aromatic nitrogens is 1. The van der Waals surface area contributed by atoms with Crippen molar-refractivity contribution in [3.05, 3.63) is 59.8 Å². The van der Waals surface area contributed by atoms with Gasteiger partial charge in [0.05, 0.1) is 0 Å². The number of pyridine rings is 1. The Bertz CT molecular complexity index is 1130. The van der Waals surface area contributed by atoms with Crippen LogP contribution in [-0.4, -0.2) is 34.7 Å². The first-order valence-corrected chi connectivity index (χ1v) is 9.22. The summed E-state index contributed by atoms with van der Waals surface area (Å²) in [6.07, 6.45) is 0.445. The molecule has 0 aliphatic heterocycles. The van der Waals surface area contributed by atoms with Gasteiger partial charge < -0.3 is 21.5 Å². The lowest BCUT2D eigenvalue weighted by Crippen LogP contribution is -2.28. The number of carbonyl (C=O) groups is 3. The number of nitrogens with one attached hydrogen (secondary N) is 3. The Morgan fingerprint density at radius 2 is 1.87 bits per heavy atom. The number of nitrogens with zero attached hydrogens (tertiary/aromatic N) is 1. The van der Waals surface area contributed by atoms with Gasteiger partial charge in [0.15, 0.2) is 0 Å². The maximum absolute atomic E-state index is 11.9. The molecular weight excluding hydrogens is 386 g/mol. The molecule has 0 radical (unpaired) electrons. The molecule has 9 heteroatoms. The van der Waals surface area contributed by atoms with Crippen molar-refractivity contribution in [2.75, 3.05) is 11.9 Å². The van der Waals surface area contributed by atoms with Crippen LogP contribution in [0.25, 0.3) is 21.9 Å². The highest BCUT2D eigenvalue weighted by Crippen LogP contribution is 2.32. The van der Waals surface area contributed by atoms with Gasteiger partial charge in [-0.1, -0.05) is 24.3 Å². The van der Waals surface area contributed by atoms with Crippen molar-refractivity contribution in [2.45, 2.75) is 13.5 Å². The largest absolute Gasteiger partial charge is 0.465 e. The van der Waals surface area contributed by atoms with E-state index in [4.69, 9.17) is 10.8 Å². The van der Waals surface area contributed by atoms with E-state index >= 15 is 0 Å². The fraction of sp³-hybridized carbons (Fsp3) is 0.143. The Kier molecular flexibility index (Phi) is 6.11. The Labute approximate surface area is 172 Å². The minimum absolute atomic E-state index is 0.0955. The number of hydrogen-bond donors (Lipinski definition) is 5. The van der Waals surface area contributed by atoms with E-state index in [0.717, 1.165) is 22.1 Å². The molecule has 0 bridgehead atoms. The van der Waals surface area contributed by atoms with E-state index in [1.54, 1.807) is 43.5 Å². The molecule has 1 aromatic heterocycles. The summed E-state index contributed by atoms with van der Waals surface area (Å²) >= 11 is 0. The maximum Gasteiger partial charge on any atom is 0.404 e. The number of primary amides is 1. The lowest BCUT2D eigenvalue weighted by molar-refractivity contribution is 0.1000. The zero-order chi connectivity index (χ0) is 21.7. The highest BCUT2D eigenvalue weighted by molar-refractivity contribution is 6.02. The first-order valence-electron chi connectivity index (χ1n) is 9.22. The first kappa shape index (κ1) is 20.6. The number of urea groups is 1. The molecule has 0 saturated carbocycles. The van der Waals surface area contributed by atoms with E-state index in [0.29, 0.717) is 23.3 Å². The topological polar surface area (TPSA) is 146 Å². The van der Waals surface area contributed by atoms with Crippen LogP contribution in [0.2, 0.25) is 0 Å². The van der Waals surface area contributed by atoms with Crippen molar-refractivity contribution in [3.63, 3.8) is 0 Å². The molecule has 0 atom stereocenters. The maximum atomic E-state index is 11.9. The highest BCUT2D eigenvalue weighted by Gasteiger charge is 2.13. The van der Waals surface area contributed by atoms with Gasteiger partial charge in [0.1, 0.15) is 5.82 Å². The number of nitrogens with two attached hydrogens (primary N) is 1. The molecule has 0 unspecified atom stereocenters. The fourth-order valence-electron chi connectivity index (χ4n) is 3.10. The predicted molar refractivity (Wildman–Crippen MR) is 113 cm³/mol. The van der Waals surface area contributed by atoms with Gasteiger partial charge in [0.25, 0.3) is 0 Å². The quantitative estimate of drug-likeness (QED) is 0.426. The second-order valence-corrected chi connectivity index (χ2v) is 6.48. The molecule has 9 nitrogen and oxygen atoms in total. The summed E-state index contributed by atoms with van der Waals surface area (Å²) in [6, 6.07) is 11.8. The van der Waals surface area contributed by atoms with Crippen molar-refractivity contribution in [2.24, 2.45) is 5.73 Å². The van der Waals surface area contributed by atoms with Gasteiger partial charge in [-0.3, -0.25) is 10.1 Å². The minimum atomic E-state index is -1.14. The molecule has 30 heavy (non-hydrogen) atoms. The summed E-state index contributed by atoms with van der Waals surface area (Å²) in [6.45, 7) is 2.37. The standard InChI is InChI=1S/C21H21N5O4/c1-2-23-20(28)26-18-9-16-15(12-4-3-5-13(8-12)19(22)27)7-6-14(10-25-21(29)30)17(16)11-24-18/h3-9,11,25H,2,10H2,1H3,(H2,22,27)(H,29,30)(H2,23,24,26,28). The number of hydrogen-bond acceptors (Lipinski definition) is 4. The predicted octanol–water partition coefficient (Wildman–Crippen LogP) is 2.91. The molecule has 3 rings (SSSR count). The van der Waals surface area contributed by atoms with E-state index in [9.17, 15) is 14.4 Å². The number of carboxylic acid groups (broad SMARTS) is 1. The van der Waals surface area contributed by atoms with Crippen LogP contribution in [-0.2, 0) is 6.54 Å². The molecule has 0 fully saturated rings. The summed E-state index contributed by atoms with van der Waals surface area (Å²) < 4.78 is 0. The Hall–Kier alpha value is -4.14. The zero-order valence-corrected chi connectivity index (χ0v) is 16.2. The number of fused-ring (bicyclic) bond motifs is 1. The van der Waals surface area contributed by atoms with E-state index in [1.165, 1.54) is 0 Å². The van der Waals surface area contributed by atoms with Crippen LogP contribution in [0.4, 0.5) is 15.4 Å². The number of rotatable bonds is 6. The number of benzene rings is 2. The molecule has 4 amide bonds. The number of amides is 4. The molecule has 6 N–H and O–H groups in total. The van der Waals surface area contributed by atoms with Crippen molar-refractivity contribution < 1.29 is 19.5 Å². The van der Waals surface area contributed by atoms with Crippen LogP contribution in [0, 0.1) is 0 Å². The number of carbonyl (C=O) groups excluding carboxylic acids is 2. The average Bonchev–Trinajstić information content (AvgIpc) is 2.72. The highest BCUT2D eigenvalue weighted by atomic mass is 16.4. The van der Waals surface area contributed by atoms with Gasteiger partial charge in [-0.2, -0.15) is 0 Å². The van der Waals surface area contributed by atoms with Gasteiger partial charge >= 0.3 is 12.1 Å². The fourth-order valence-corrected chi connectivity index (χ4v) is 3.10. The second kappa shape index (κ2) is 8.91. The molecule has 0 aliphatic carbocycles. The summed E-state index contributed by atoms with van der Waals surface area (Å²) in [5.74, 6) is -0.201. The third kappa shape index (κ3) is 4.64. The van der Waals surface area contributed by atoms with E-state index in [2.05, 4.69) is 20.9 Å². The van der Waals surface area contributed by atoms with Gasteiger partial charge in [0, 0.05) is 30.2 Å². The molecule has 3 aromatic rings. The normalized spacial score (nSPS) is 10.4. The monoisotopic (exact) mass is 407 g/mol. The zero-order valence-electron chi connectivity index (χ0n) is 16.2. The van der Waals surface area contributed by atoms with Crippen LogP contribution < -0.4 is 21.7 Å². The number of anilines is 1. The molecule has 0 spiro atoms. The summed E-state index contributed by atoms with van der Waals surface area (Å²) in [5.41, 5.74) is 8.03. The SMILES string of the molecule is CCNC(=O)Nc1cc2c(-c3cccc(C(N)=O)c3)ccc(CNC(=O)O)c2cn1. The molecule has 1 heterocycles. The third-order valence-corrected chi connectivity index (χ3v) is 4.46. The Balaban J connectivity index is 2.14. The second-order valence-electron chi connectivity index (χ2n) is 6.48. The van der Waals surface area contributed by atoms with Crippen LogP contribution in [0.1, 0.15) is 22.8 Å². The molecule has 0 saturated heterocycles. The molecule has 2 aromatic carbocycles. The van der Waals surface area contributed by atoms with E-state index in [-0.39, 0.29) is 12.6 Å². The molecule has 0 aliphatic rings. The Morgan fingerprint density at radius 3 is 2.57 bits per heavy atom. The minimum Gasteiger partial charge on any atom is -0.465 e. The van der Waals surface area contributed by atoms with Crippen molar-refractivity contribution in [3.8, 4) is 11.1 Å². The lowest BCUT2D eigenvalue weighted by atomic mass is 9.95. The first-order chi connectivity index (χ1) is 14.4. The summed E-state index contributed by atoms with van der Waals surface area (Å²) in [5, 5.41) is 18.0.